The number of benzene rings is 1. The molecule has 11 heteroatoms. The molecule has 0 aromatic heterocycles. The van der Waals surface area contributed by atoms with Gasteiger partial charge in [0.15, 0.2) is 4.90 Å². The Hall–Kier alpha value is -1.72. The molecule has 0 fully saturated rings. The smallest absolute Gasteiger partial charge is 0.289 e. The first-order valence-corrected chi connectivity index (χ1v) is 9.25. The monoisotopic (exact) mass is 337 g/mol. The number of nitro groups is 1. The summed E-state index contributed by atoms with van der Waals surface area (Å²) >= 11 is 0. The first-order valence-electron chi connectivity index (χ1n) is 5.70. The first-order chi connectivity index (χ1) is 9.57. The summed E-state index contributed by atoms with van der Waals surface area (Å²) in [5.74, 6) is -0.397. The molecule has 0 amide bonds. The highest BCUT2D eigenvalue weighted by Gasteiger charge is 2.26. The number of nitro benzene ring substituents is 1. The van der Waals surface area contributed by atoms with Crippen molar-refractivity contribution in [3.05, 3.63) is 28.3 Å². The maximum atomic E-state index is 12.1. The Bertz CT molecular complexity index is 742. The number of sulfone groups is 1. The molecular formula is C10H15N3O6S2. The minimum Gasteiger partial charge on any atom is -0.388 e. The van der Waals surface area contributed by atoms with Crippen LogP contribution in [0, 0.1) is 10.1 Å². The predicted molar refractivity (Wildman–Crippen MR) is 77.5 cm³/mol. The lowest BCUT2D eigenvalue weighted by Gasteiger charge is -2.08. The van der Waals surface area contributed by atoms with Gasteiger partial charge in [-0.2, -0.15) is 0 Å². The minimum absolute atomic E-state index is 0.359. The SMILES string of the molecule is CNc1ccc([N+](=O)[O-])c(S(=O)(=O)NCCS(C)(=O)=O)c1. The van der Waals surface area contributed by atoms with Crippen molar-refractivity contribution in [1.82, 2.24) is 4.72 Å². The van der Waals surface area contributed by atoms with E-state index in [9.17, 15) is 26.9 Å². The van der Waals surface area contributed by atoms with E-state index in [4.69, 9.17) is 0 Å². The lowest BCUT2D eigenvalue weighted by atomic mass is 10.3. The van der Waals surface area contributed by atoms with Crippen LogP contribution in [0.3, 0.4) is 0 Å². The Morgan fingerprint density at radius 1 is 1.24 bits per heavy atom. The Labute approximate surface area is 122 Å². The molecule has 0 radical (unpaired) electrons. The topological polar surface area (TPSA) is 135 Å². The molecule has 0 bridgehead atoms. The van der Waals surface area contributed by atoms with Crippen molar-refractivity contribution in [3.8, 4) is 0 Å². The van der Waals surface area contributed by atoms with Crippen LogP contribution in [-0.2, 0) is 19.9 Å². The quantitative estimate of drug-likeness (QED) is 0.526. The molecule has 0 spiro atoms. The van der Waals surface area contributed by atoms with Crippen molar-refractivity contribution < 1.29 is 21.8 Å². The molecule has 0 aliphatic carbocycles. The minimum atomic E-state index is -4.19. The van der Waals surface area contributed by atoms with Gasteiger partial charge < -0.3 is 5.32 Å². The second-order valence-corrected chi connectivity index (χ2v) is 8.21. The third-order valence-corrected chi connectivity index (χ3v) is 4.94. The summed E-state index contributed by atoms with van der Waals surface area (Å²) in [4.78, 5) is 9.56. The van der Waals surface area contributed by atoms with E-state index in [1.807, 2.05) is 4.72 Å². The third kappa shape index (κ3) is 4.95. The fourth-order valence-electron chi connectivity index (χ4n) is 1.47. The zero-order valence-electron chi connectivity index (χ0n) is 11.4. The van der Waals surface area contributed by atoms with Crippen LogP contribution in [-0.4, -0.2) is 47.4 Å². The van der Waals surface area contributed by atoms with Gasteiger partial charge in [0.1, 0.15) is 9.84 Å². The maximum Gasteiger partial charge on any atom is 0.289 e. The van der Waals surface area contributed by atoms with E-state index in [2.05, 4.69) is 5.32 Å². The second kappa shape index (κ2) is 6.37. The number of hydrogen-bond donors (Lipinski definition) is 2. The summed E-state index contributed by atoms with van der Waals surface area (Å²) < 4.78 is 48.1. The molecule has 21 heavy (non-hydrogen) atoms. The van der Waals surface area contributed by atoms with Gasteiger partial charge in [-0.25, -0.2) is 21.6 Å². The molecule has 0 atom stereocenters. The van der Waals surface area contributed by atoms with Crippen LogP contribution in [0.15, 0.2) is 23.1 Å². The van der Waals surface area contributed by atoms with Crippen LogP contribution < -0.4 is 10.0 Å². The van der Waals surface area contributed by atoms with E-state index in [1.165, 1.54) is 13.1 Å². The van der Waals surface area contributed by atoms with Gasteiger partial charge in [0.05, 0.1) is 10.7 Å². The molecule has 1 aromatic carbocycles. The number of anilines is 1. The molecular weight excluding hydrogens is 322 g/mol. The number of hydrogen-bond acceptors (Lipinski definition) is 7. The normalized spacial score (nSPS) is 12.1. The summed E-state index contributed by atoms with van der Waals surface area (Å²) in [6.07, 6.45) is 0.964. The molecule has 2 N–H and O–H groups in total. The Morgan fingerprint density at radius 2 is 1.86 bits per heavy atom. The molecule has 0 saturated carbocycles. The fourth-order valence-corrected chi connectivity index (χ4v) is 3.30. The lowest BCUT2D eigenvalue weighted by molar-refractivity contribution is -0.387. The molecule has 0 heterocycles. The summed E-state index contributed by atoms with van der Waals surface area (Å²) in [6.45, 7) is -0.359. The summed E-state index contributed by atoms with van der Waals surface area (Å²) in [5.41, 5.74) is -0.204. The van der Waals surface area contributed by atoms with Crippen molar-refractivity contribution in [2.45, 2.75) is 4.90 Å². The molecule has 0 aliphatic heterocycles. The Kier molecular flexibility index (Phi) is 5.25. The summed E-state index contributed by atoms with van der Waals surface area (Å²) in [5, 5.41) is 13.6. The van der Waals surface area contributed by atoms with Crippen LogP contribution in [0.1, 0.15) is 0 Å². The molecule has 0 saturated heterocycles. The standard InChI is InChI=1S/C10H15N3O6S2/c1-11-8-3-4-9(13(14)15)10(7-8)21(18,19)12-5-6-20(2,16)17/h3-4,7,11-12H,5-6H2,1-2H3. The molecule has 1 rings (SSSR count). The van der Waals surface area contributed by atoms with Gasteiger partial charge in [0.2, 0.25) is 10.0 Å². The fraction of sp³-hybridized carbons (Fsp3) is 0.400. The third-order valence-electron chi connectivity index (χ3n) is 2.50. The lowest BCUT2D eigenvalue weighted by Crippen LogP contribution is -2.29. The average molecular weight is 337 g/mol. The van der Waals surface area contributed by atoms with E-state index in [1.54, 1.807) is 0 Å². The average Bonchev–Trinajstić information content (AvgIpc) is 2.36. The van der Waals surface area contributed by atoms with Gasteiger partial charge >= 0.3 is 0 Å². The van der Waals surface area contributed by atoms with Gasteiger partial charge in [-0.1, -0.05) is 0 Å². The Morgan fingerprint density at radius 3 is 2.33 bits per heavy atom. The van der Waals surface area contributed by atoms with E-state index < -0.39 is 41.1 Å². The highest BCUT2D eigenvalue weighted by molar-refractivity contribution is 7.91. The van der Waals surface area contributed by atoms with Crippen molar-refractivity contribution in [1.29, 1.82) is 0 Å². The molecule has 1 aromatic rings. The van der Waals surface area contributed by atoms with Gasteiger partial charge in [0.25, 0.3) is 5.69 Å². The number of rotatable bonds is 7. The van der Waals surface area contributed by atoms with Gasteiger partial charge in [-0.05, 0) is 12.1 Å². The first kappa shape index (κ1) is 17.3. The molecule has 0 unspecified atom stereocenters. The molecule has 9 nitrogen and oxygen atoms in total. The molecule has 0 aliphatic rings. The Balaban J connectivity index is 3.14. The zero-order valence-corrected chi connectivity index (χ0v) is 13.0. The zero-order chi connectivity index (χ0) is 16.3. The summed E-state index contributed by atoms with van der Waals surface area (Å²) in [6, 6.07) is 3.55. The second-order valence-electron chi connectivity index (χ2n) is 4.22. The summed E-state index contributed by atoms with van der Waals surface area (Å²) in [7, 11) is -5.99. The van der Waals surface area contributed by atoms with Crippen LogP contribution in [0.25, 0.3) is 0 Å². The van der Waals surface area contributed by atoms with E-state index in [0.29, 0.717) is 5.69 Å². The van der Waals surface area contributed by atoms with Crippen LogP contribution in [0.4, 0.5) is 11.4 Å². The van der Waals surface area contributed by atoms with Crippen LogP contribution >= 0.6 is 0 Å². The van der Waals surface area contributed by atoms with Gasteiger partial charge in [0, 0.05) is 31.6 Å². The maximum absolute atomic E-state index is 12.1. The molecule has 118 valence electrons. The van der Waals surface area contributed by atoms with Crippen molar-refractivity contribution in [2.75, 3.05) is 30.9 Å². The number of sulfonamides is 1. The van der Waals surface area contributed by atoms with E-state index in [0.717, 1.165) is 18.4 Å². The number of nitrogens with zero attached hydrogens (tertiary/aromatic N) is 1. The van der Waals surface area contributed by atoms with Crippen LogP contribution in [0.2, 0.25) is 0 Å². The van der Waals surface area contributed by atoms with Crippen molar-refractivity contribution >= 4 is 31.2 Å². The predicted octanol–water partition coefficient (Wildman–Crippen LogP) is -0.0406. The van der Waals surface area contributed by atoms with E-state index in [-0.39, 0.29) is 6.54 Å². The van der Waals surface area contributed by atoms with E-state index >= 15 is 0 Å². The highest BCUT2D eigenvalue weighted by atomic mass is 32.2. The van der Waals surface area contributed by atoms with Crippen molar-refractivity contribution in [2.24, 2.45) is 0 Å². The van der Waals surface area contributed by atoms with Gasteiger partial charge in [-0.15, -0.1) is 0 Å². The largest absolute Gasteiger partial charge is 0.388 e. The highest BCUT2D eigenvalue weighted by Crippen LogP contribution is 2.26. The number of nitrogens with one attached hydrogen (secondary N) is 2. The van der Waals surface area contributed by atoms with Crippen molar-refractivity contribution in [3.63, 3.8) is 0 Å². The van der Waals surface area contributed by atoms with Crippen LogP contribution in [0.5, 0.6) is 0 Å². The van der Waals surface area contributed by atoms with Gasteiger partial charge in [-0.3, -0.25) is 10.1 Å².